The molecule has 3 N–H and O–H groups in total. The van der Waals surface area contributed by atoms with Crippen LogP contribution < -0.4 is 10.6 Å². The summed E-state index contributed by atoms with van der Waals surface area (Å²) in [6.07, 6.45) is 4.48. The maximum absolute atomic E-state index is 13.1. The number of phenolic OH excluding ortho intramolecular Hbond substituents is 1. The number of benzene rings is 2. The van der Waals surface area contributed by atoms with Crippen molar-refractivity contribution in [2.45, 2.75) is 38.6 Å². The first-order chi connectivity index (χ1) is 17.0. The topological polar surface area (TPSA) is 122 Å². The Balaban J connectivity index is 1.37. The standard InChI is InChI=1S/C26H25N5O4/c1-16-4-2-5-17(12-16)15-27-26(34)31-22(18-6-3-7-18)14-21(30-31)20-9-8-19(13-23(20)32)29-25(33)24-10-11-28-35-24/h2,4-5,8-14,18,32H,3,6-7,15H2,1H3,(H,27,34)(H,29,33). The summed E-state index contributed by atoms with van der Waals surface area (Å²) in [5, 5.41) is 24.3. The van der Waals surface area contributed by atoms with Crippen LogP contribution in [0.4, 0.5) is 10.5 Å². The fourth-order valence-electron chi connectivity index (χ4n) is 4.11. The lowest BCUT2D eigenvalue weighted by Crippen LogP contribution is -2.31. The number of carbonyl (C=O) groups excluding carboxylic acids is 2. The Labute approximate surface area is 201 Å². The van der Waals surface area contributed by atoms with E-state index in [0.717, 1.165) is 36.1 Å². The van der Waals surface area contributed by atoms with Crippen LogP contribution in [0.5, 0.6) is 5.75 Å². The molecule has 0 spiro atoms. The van der Waals surface area contributed by atoms with Crippen molar-refractivity contribution in [2.24, 2.45) is 0 Å². The van der Waals surface area contributed by atoms with Crippen molar-refractivity contribution in [3.05, 3.63) is 83.4 Å². The summed E-state index contributed by atoms with van der Waals surface area (Å²) in [7, 11) is 0. The third kappa shape index (κ3) is 4.79. The number of hydrogen-bond donors (Lipinski definition) is 3. The Morgan fingerprint density at radius 3 is 2.69 bits per heavy atom. The highest BCUT2D eigenvalue weighted by molar-refractivity contribution is 6.02. The van der Waals surface area contributed by atoms with Crippen LogP contribution in [-0.4, -0.2) is 32.0 Å². The summed E-state index contributed by atoms with van der Waals surface area (Å²) < 4.78 is 6.26. The van der Waals surface area contributed by atoms with Gasteiger partial charge < -0.3 is 20.3 Å². The zero-order valence-electron chi connectivity index (χ0n) is 19.2. The van der Waals surface area contributed by atoms with Crippen molar-refractivity contribution < 1.29 is 19.2 Å². The number of aryl methyl sites for hydroxylation is 1. The lowest BCUT2D eigenvalue weighted by molar-refractivity contribution is 0.0988. The van der Waals surface area contributed by atoms with Gasteiger partial charge in [-0.15, -0.1) is 0 Å². The number of nitrogens with zero attached hydrogens (tertiary/aromatic N) is 3. The number of aromatic nitrogens is 3. The second-order valence-electron chi connectivity index (χ2n) is 8.70. The molecule has 9 nitrogen and oxygen atoms in total. The molecule has 1 fully saturated rings. The molecule has 0 unspecified atom stereocenters. The first-order valence-electron chi connectivity index (χ1n) is 11.5. The fourth-order valence-corrected chi connectivity index (χ4v) is 4.11. The van der Waals surface area contributed by atoms with E-state index in [1.54, 1.807) is 12.1 Å². The molecular weight excluding hydrogens is 446 g/mol. The van der Waals surface area contributed by atoms with Crippen LogP contribution in [0.25, 0.3) is 11.3 Å². The quantitative estimate of drug-likeness (QED) is 0.370. The Morgan fingerprint density at radius 2 is 2.00 bits per heavy atom. The number of aromatic hydroxyl groups is 1. The number of phenols is 1. The monoisotopic (exact) mass is 471 g/mol. The lowest BCUT2D eigenvalue weighted by atomic mass is 9.82. The second-order valence-corrected chi connectivity index (χ2v) is 8.70. The maximum Gasteiger partial charge on any atom is 0.342 e. The van der Waals surface area contributed by atoms with Crippen LogP contribution >= 0.6 is 0 Å². The van der Waals surface area contributed by atoms with Crippen molar-refractivity contribution in [1.29, 1.82) is 0 Å². The van der Waals surface area contributed by atoms with E-state index in [0.29, 0.717) is 23.5 Å². The minimum atomic E-state index is -0.475. The van der Waals surface area contributed by atoms with E-state index < -0.39 is 5.91 Å². The van der Waals surface area contributed by atoms with Crippen LogP contribution in [0.1, 0.15) is 52.6 Å². The molecule has 0 radical (unpaired) electrons. The van der Waals surface area contributed by atoms with E-state index >= 15 is 0 Å². The second kappa shape index (κ2) is 9.46. The Hall–Kier alpha value is -4.40. The van der Waals surface area contributed by atoms with Gasteiger partial charge in [-0.2, -0.15) is 9.78 Å². The zero-order chi connectivity index (χ0) is 24.4. The summed E-state index contributed by atoms with van der Waals surface area (Å²) >= 11 is 0. The van der Waals surface area contributed by atoms with Crippen LogP contribution in [0.2, 0.25) is 0 Å². The normalized spacial score (nSPS) is 13.3. The van der Waals surface area contributed by atoms with E-state index in [-0.39, 0.29) is 23.5 Å². The molecule has 35 heavy (non-hydrogen) atoms. The molecule has 2 amide bonds. The van der Waals surface area contributed by atoms with E-state index in [2.05, 4.69) is 20.9 Å². The minimum absolute atomic E-state index is 0.0640. The third-order valence-electron chi connectivity index (χ3n) is 6.17. The first-order valence-corrected chi connectivity index (χ1v) is 11.5. The van der Waals surface area contributed by atoms with Crippen molar-refractivity contribution in [2.75, 3.05) is 5.32 Å². The fraction of sp³-hybridized carbons (Fsp3) is 0.231. The molecule has 2 heterocycles. The zero-order valence-corrected chi connectivity index (χ0v) is 19.2. The smallest absolute Gasteiger partial charge is 0.342 e. The Kier molecular flexibility index (Phi) is 6.05. The van der Waals surface area contributed by atoms with Gasteiger partial charge in [-0.1, -0.05) is 41.4 Å². The molecule has 9 heteroatoms. The summed E-state index contributed by atoms with van der Waals surface area (Å²) in [6, 6.07) is 15.7. The molecule has 5 rings (SSSR count). The molecule has 1 aliphatic carbocycles. The Bertz CT molecular complexity index is 1370. The number of rotatable bonds is 6. The molecule has 2 aromatic heterocycles. The molecule has 0 atom stereocenters. The average Bonchev–Trinajstić information content (AvgIpc) is 3.47. The van der Waals surface area contributed by atoms with E-state index in [9.17, 15) is 14.7 Å². The SMILES string of the molecule is Cc1cccc(CNC(=O)n2nc(-c3ccc(NC(=O)c4ccno4)cc3O)cc2C2CCC2)c1. The number of amides is 2. The number of nitrogens with one attached hydrogen (secondary N) is 2. The molecule has 0 aliphatic heterocycles. The van der Waals surface area contributed by atoms with Crippen molar-refractivity contribution in [3.8, 4) is 17.0 Å². The van der Waals surface area contributed by atoms with E-state index in [4.69, 9.17) is 4.52 Å². The van der Waals surface area contributed by atoms with Gasteiger partial charge >= 0.3 is 6.03 Å². The average molecular weight is 472 g/mol. The van der Waals surface area contributed by atoms with Gasteiger partial charge in [0.2, 0.25) is 5.76 Å². The maximum atomic E-state index is 13.1. The van der Waals surface area contributed by atoms with Gasteiger partial charge in [-0.25, -0.2) is 4.79 Å². The Morgan fingerprint density at radius 1 is 1.14 bits per heavy atom. The summed E-state index contributed by atoms with van der Waals surface area (Å²) in [5.41, 5.74) is 4.31. The summed E-state index contributed by atoms with van der Waals surface area (Å²) in [6.45, 7) is 2.40. The van der Waals surface area contributed by atoms with Crippen molar-refractivity contribution >= 4 is 17.6 Å². The largest absolute Gasteiger partial charge is 0.507 e. The van der Waals surface area contributed by atoms with E-state index in [1.165, 1.54) is 23.0 Å². The minimum Gasteiger partial charge on any atom is -0.507 e. The van der Waals surface area contributed by atoms with Crippen LogP contribution in [0.3, 0.4) is 0 Å². The molecule has 1 aliphatic rings. The van der Waals surface area contributed by atoms with Gasteiger partial charge in [-0.05, 0) is 43.5 Å². The predicted molar refractivity (Wildman–Crippen MR) is 129 cm³/mol. The van der Waals surface area contributed by atoms with Gasteiger partial charge in [0.1, 0.15) is 5.75 Å². The lowest BCUT2D eigenvalue weighted by Gasteiger charge is -2.25. The summed E-state index contributed by atoms with van der Waals surface area (Å²) in [4.78, 5) is 25.2. The number of hydrogen-bond acceptors (Lipinski definition) is 6. The number of anilines is 1. The van der Waals surface area contributed by atoms with Crippen LogP contribution in [-0.2, 0) is 6.54 Å². The first kappa shape index (κ1) is 22.4. The molecule has 2 aromatic carbocycles. The van der Waals surface area contributed by atoms with Gasteiger partial charge in [0.05, 0.1) is 17.6 Å². The molecule has 0 bridgehead atoms. The van der Waals surface area contributed by atoms with Gasteiger partial charge in [-0.3, -0.25) is 4.79 Å². The van der Waals surface area contributed by atoms with Crippen molar-refractivity contribution in [3.63, 3.8) is 0 Å². The van der Waals surface area contributed by atoms with Crippen molar-refractivity contribution in [1.82, 2.24) is 20.3 Å². The highest BCUT2D eigenvalue weighted by Gasteiger charge is 2.27. The van der Waals surface area contributed by atoms with Crippen LogP contribution in [0.15, 0.2) is 65.3 Å². The molecular formula is C26H25N5O4. The van der Waals surface area contributed by atoms with E-state index in [1.807, 2.05) is 37.3 Å². The third-order valence-corrected chi connectivity index (χ3v) is 6.17. The molecule has 178 valence electrons. The van der Waals surface area contributed by atoms with Crippen LogP contribution in [0, 0.1) is 6.92 Å². The van der Waals surface area contributed by atoms with Gasteiger partial charge in [0, 0.05) is 35.8 Å². The summed E-state index contributed by atoms with van der Waals surface area (Å²) in [5.74, 6) is -0.223. The molecule has 1 saturated carbocycles. The number of carbonyl (C=O) groups is 2. The van der Waals surface area contributed by atoms with Gasteiger partial charge in [0.25, 0.3) is 5.91 Å². The van der Waals surface area contributed by atoms with Gasteiger partial charge in [0.15, 0.2) is 0 Å². The predicted octanol–water partition coefficient (Wildman–Crippen LogP) is 4.83. The highest BCUT2D eigenvalue weighted by atomic mass is 16.5. The highest BCUT2D eigenvalue weighted by Crippen LogP contribution is 2.39. The molecule has 0 saturated heterocycles. The molecule has 4 aromatic rings.